The molecule has 1 N–H and O–H groups in total. The number of piperidine rings is 1. The number of carbonyl (C=O) groups excluding carboxylic acids is 1. The molecule has 216 valence electrons. The highest BCUT2D eigenvalue weighted by atomic mass is 127. The molecular formula is C33H44IN3O3. The molecule has 3 aromatic rings. The molecule has 0 bridgehead atoms. The van der Waals surface area contributed by atoms with Crippen molar-refractivity contribution in [3.05, 3.63) is 62.4 Å². The number of carbonyl (C=O) groups is 1. The number of anilines is 1. The second kappa shape index (κ2) is 11.6. The minimum atomic E-state index is -0.575. The van der Waals surface area contributed by atoms with Gasteiger partial charge in [0.2, 0.25) is 0 Å². The first-order valence-corrected chi connectivity index (χ1v) is 15.8. The third-order valence-electron chi connectivity index (χ3n) is 8.54. The standard InChI is InChI=1S/C33H44IN3O3/c1-7-22-8-9-23(20-28(22)37-14-12-25(13-15-37)36-16-18-39-19-17-36)33(5,6)30-29(31(38)40-32(2,3)4)26-11-10-24(34)21-27(26)35-30/h8-11,20-21,25,35H,7,12-19H2,1-6H3. The number of H-pyrrole nitrogens is 1. The predicted molar refractivity (Wildman–Crippen MR) is 172 cm³/mol. The van der Waals surface area contributed by atoms with Crippen LogP contribution in [0.4, 0.5) is 5.69 Å². The van der Waals surface area contributed by atoms with Gasteiger partial charge >= 0.3 is 5.97 Å². The van der Waals surface area contributed by atoms with Crippen molar-refractivity contribution < 1.29 is 14.3 Å². The van der Waals surface area contributed by atoms with E-state index in [1.165, 1.54) is 29.7 Å². The van der Waals surface area contributed by atoms with E-state index in [-0.39, 0.29) is 5.97 Å². The largest absolute Gasteiger partial charge is 0.456 e. The van der Waals surface area contributed by atoms with Gasteiger partial charge in [0.25, 0.3) is 0 Å². The van der Waals surface area contributed by atoms with Crippen molar-refractivity contribution >= 4 is 45.2 Å². The first-order chi connectivity index (χ1) is 19.0. The number of esters is 1. The number of halogens is 1. The molecule has 2 aliphatic rings. The number of ether oxygens (including phenoxy) is 2. The second-order valence-corrected chi connectivity index (χ2v) is 14.0. The Kier molecular flexibility index (Phi) is 8.56. The van der Waals surface area contributed by atoms with Crippen LogP contribution in [0.3, 0.4) is 0 Å². The highest BCUT2D eigenvalue weighted by molar-refractivity contribution is 14.1. The lowest BCUT2D eigenvalue weighted by atomic mass is 9.78. The molecule has 1 aromatic heterocycles. The van der Waals surface area contributed by atoms with Crippen LogP contribution in [0.1, 0.15) is 81.6 Å². The molecule has 5 rings (SSSR count). The molecule has 2 aromatic carbocycles. The molecule has 2 aliphatic heterocycles. The van der Waals surface area contributed by atoms with Crippen molar-refractivity contribution in [2.45, 2.75) is 77.9 Å². The molecular weight excluding hydrogens is 613 g/mol. The van der Waals surface area contributed by atoms with Crippen LogP contribution in [-0.4, -0.2) is 66.9 Å². The molecule has 3 heterocycles. The molecule has 0 atom stereocenters. The number of fused-ring (bicyclic) bond motifs is 1. The van der Waals surface area contributed by atoms with Gasteiger partial charge in [-0.3, -0.25) is 4.90 Å². The summed E-state index contributed by atoms with van der Waals surface area (Å²) in [6.07, 6.45) is 3.36. The van der Waals surface area contributed by atoms with E-state index in [0.29, 0.717) is 11.6 Å². The van der Waals surface area contributed by atoms with E-state index in [1.807, 2.05) is 26.8 Å². The van der Waals surface area contributed by atoms with E-state index in [0.717, 1.165) is 66.0 Å². The van der Waals surface area contributed by atoms with E-state index < -0.39 is 11.0 Å². The average Bonchev–Trinajstić information content (AvgIpc) is 3.32. The van der Waals surface area contributed by atoms with Crippen LogP contribution in [0.2, 0.25) is 0 Å². The number of morpholine rings is 1. The van der Waals surface area contributed by atoms with Gasteiger partial charge in [0.1, 0.15) is 5.60 Å². The summed E-state index contributed by atoms with van der Waals surface area (Å²) < 4.78 is 12.6. The fourth-order valence-electron chi connectivity index (χ4n) is 6.28. The lowest BCUT2D eigenvalue weighted by Gasteiger charge is -2.41. The molecule has 0 amide bonds. The Morgan fingerprint density at radius 3 is 2.38 bits per heavy atom. The number of nitrogens with one attached hydrogen (secondary N) is 1. The summed E-state index contributed by atoms with van der Waals surface area (Å²) in [6.45, 7) is 18.4. The van der Waals surface area contributed by atoms with Gasteiger partial charge in [0, 0.05) is 63.5 Å². The highest BCUT2D eigenvalue weighted by Gasteiger charge is 2.35. The molecule has 40 heavy (non-hydrogen) atoms. The molecule has 0 radical (unpaired) electrons. The maximum Gasteiger partial charge on any atom is 0.341 e. The van der Waals surface area contributed by atoms with Gasteiger partial charge in [-0.15, -0.1) is 0 Å². The first-order valence-electron chi connectivity index (χ1n) is 14.7. The summed E-state index contributed by atoms with van der Waals surface area (Å²) in [5.41, 5.74) is 5.39. The average molecular weight is 658 g/mol. The van der Waals surface area contributed by atoms with Crippen LogP contribution in [0.15, 0.2) is 36.4 Å². The fraction of sp³-hybridized carbons (Fsp3) is 0.545. The van der Waals surface area contributed by atoms with Crippen LogP contribution in [0, 0.1) is 3.57 Å². The number of aromatic nitrogens is 1. The monoisotopic (exact) mass is 657 g/mol. The fourth-order valence-corrected chi connectivity index (χ4v) is 6.78. The lowest BCUT2D eigenvalue weighted by molar-refractivity contribution is 0.00695. The van der Waals surface area contributed by atoms with Crippen molar-refractivity contribution in [1.29, 1.82) is 0 Å². The summed E-state index contributed by atoms with van der Waals surface area (Å²) in [5, 5.41) is 0.910. The number of aromatic amines is 1. The quantitative estimate of drug-likeness (QED) is 0.231. The topological polar surface area (TPSA) is 57.8 Å². The Balaban J connectivity index is 1.49. The molecule has 2 saturated heterocycles. The van der Waals surface area contributed by atoms with E-state index >= 15 is 0 Å². The minimum absolute atomic E-state index is 0.279. The van der Waals surface area contributed by atoms with Gasteiger partial charge in [-0.05, 0) is 92.0 Å². The van der Waals surface area contributed by atoms with Gasteiger partial charge in [0.15, 0.2) is 0 Å². The zero-order valence-electron chi connectivity index (χ0n) is 24.9. The minimum Gasteiger partial charge on any atom is -0.456 e. The number of rotatable bonds is 6. The zero-order valence-corrected chi connectivity index (χ0v) is 27.1. The number of nitrogens with zero attached hydrogens (tertiary/aromatic N) is 2. The number of benzene rings is 2. The van der Waals surface area contributed by atoms with Crippen LogP contribution >= 0.6 is 22.6 Å². The Bertz CT molecular complexity index is 1360. The number of hydrogen-bond acceptors (Lipinski definition) is 5. The molecule has 6 nitrogen and oxygen atoms in total. The van der Waals surface area contributed by atoms with Crippen molar-refractivity contribution in [3.8, 4) is 0 Å². The summed E-state index contributed by atoms with van der Waals surface area (Å²) in [5.74, 6) is -0.279. The van der Waals surface area contributed by atoms with Gasteiger partial charge in [-0.2, -0.15) is 0 Å². The third kappa shape index (κ3) is 6.07. The van der Waals surface area contributed by atoms with Crippen molar-refractivity contribution in [3.63, 3.8) is 0 Å². The number of hydrogen-bond donors (Lipinski definition) is 1. The molecule has 7 heteroatoms. The van der Waals surface area contributed by atoms with Crippen molar-refractivity contribution in [1.82, 2.24) is 9.88 Å². The summed E-state index contributed by atoms with van der Waals surface area (Å²) in [4.78, 5) is 22.5. The van der Waals surface area contributed by atoms with Crippen molar-refractivity contribution in [2.24, 2.45) is 0 Å². The van der Waals surface area contributed by atoms with E-state index in [4.69, 9.17) is 9.47 Å². The van der Waals surface area contributed by atoms with Crippen LogP contribution in [-0.2, 0) is 21.3 Å². The SMILES string of the molecule is CCc1ccc(C(C)(C)c2[nH]c3cc(I)ccc3c2C(=O)OC(C)(C)C)cc1N1CCC(N2CCOCC2)CC1. The van der Waals surface area contributed by atoms with Gasteiger partial charge in [0.05, 0.1) is 18.8 Å². The third-order valence-corrected chi connectivity index (χ3v) is 9.21. The smallest absolute Gasteiger partial charge is 0.341 e. The van der Waals surface area contributed by atoms with Crippen LogP contribution in [0.25, 0.3) is 10.9 Å². The second-order valence-electron chi connectivity index (χ2n) is 12.8. The Labute approximate surface area is 252 Å². The van der Waals surface area contributed by atoms with Crippen LogP contribution < -0.4 is 4.90 Å². The molecule has 2 fully saturated rings. The molecule has 0 saturated carbocycles. The molecule has 0 unspecified atom stereocenters. The Hall–Kier alpha value is -2.10. The van der Waals surface area contributed by atoms with Gasteiger partial charge in [-0.25, -0.2) is 4.79 Å². The van der Waals surface area contributed by atoms with E-state index in [9.17, 15) is 4.79 Å². The van der Waals surface area contributed by atoms with E-state index in [2.05, 4.69) is 88.5 Å². The maximum atomic E-state index is 13.6. The van der Waals surface area contributed by atoms with E-state index in [1.54, 1.807) is 0 Å². The Morgan fingerprint density at radius 2 is 1.73 bits per heavy atom. The normalized spacial score (nSPS) is 17.9. The lowest BCUT2D eigenvalue weighted by Crippen LogP contribution is -2.49. The van der Waals surface area contributed by atoms with Gasteiger partial charge < -0.3 is 19.4 Å². The Morgan fingerprint density at radius 1 is 1.02 bits per heavy atom. The summed E-state index contributed by atoms with van der Waals surface area (Å²) >= 11 is 2.32. The highest BCUT2D eigenvalue weighted by Crippen LogP contribution is 2.40. The predicted octanol–water partition coefficient (Wildman–Crippen LogP) is 6.92. The maximum absolute atomic E-state index is 13.6. The molecule has 0 spiro atoms. The summed E-state index contributed by atoms with van der Waals surface area (Å²) in [7, 11) is 0. The number of aryl methyl sites for hydroxylation is 1. The van der Waals surface area contributed by atoms with Crippen molar-refractivity contribution in [2.75, 3.05) is 44.3 Å². The summed E-state index contributed by atoms with van der Waals surface area (Å²) in [6, 6.07) is 13.8. The van der Waals surface area contributed by atoms with Gasteiger partial charge in [-0.1, -0.05) is 39.0 Å². The van der Waals surface area contributed by atoms with Crippen LogP contribution in [0.5, 0.6) is 0 Å². The molecule has 0 aliphatic carbocycles. The first kappa shape index (κ1) is 29.4. The zero-order chi connectivity index (χ0) is 28.7.